The zero-order valence-electron chi connectivity index (χ0n) is 7.92. The number of rotatable bonds is 5. The summed E-state index contributed by atoms with van der Waals surface area (Å²) >= 11 is 0. The van der Waals surface area contributed by atoms with Crippen LogP contribution in [0.1, 0.15) is 36.8 Å². The minimum absolute atomic E-state index is 0.646. The molecule has 4 nitrogen and oxygen atoms in total. The maximum absolute atomic E-state index is 4.97. The van der Waals surface area contributed by atoms with Gasteiger partial charge in [0.25, 0.3) is 0 Å². The van der Waals surface area contributed by atoms with Gasteiger partial charge in [-0.05, 0) is 19.3 Å². The van der Waals surface area contributed by atoms with E-state index >= 15 is 0 Å². The first-order valence-electron chi connectivity index (χ1n) is 4.80. The highest BCUT2D eigenvalue weighted by molar-refractivity contribution is 5.04. The van der Waals surface area contributed by atoms with Crippen LogP contribution < -0.4 is 0 Å². The zero-order chi connectivity index (χ0) is 9.10. The van der Waals surface area contributed by atoms with Crippen molar-refractivity contribution in [1.82, 2.24) is 15.2 Å². The molecular formula is C9H15N3O. The summed E-state index contributed by atoms with van der Waals surface area (Å²) in [5.41, 5.74) is 0. The van der Waals surface area contributed by atoms with Crippen molar-refractivity contribution in [3.05, 3.63) is 11.6 Å². The molecule has 0 radical (unpaired) electrons. The van der Waals surface area contributed by atoms with Crippen LogP contribution in [0.3, 0.4) is 0 Å². The lowest BCUT2D eigenvalue weighted by Gasteiger charge is -1.94. The van der Waals surface area contributed by atoms with Gasteiger partial charge in [-0.15, -0.1) is 0 Å². The van der Waals surface area contributed by atoms with Gasteiger partial charge in [0, 0.05) is 26.1 Å². The van der Waals surface area contributed by atoms with Gasteiger partial charge in [0.15, 0.2) is 5.82 Å². The summed E-state index contributed by atoms with van der Waals surface area (Å²) < 4.78 is 4.97. The van der Waals surface area contributed by atoms with E-state index in [9.17, 15) is 0 Å². The van der Waals surface area contributed by atoms with E-state index in [4.69, 9.17) is 4.74 Å². The molecule has 1 aromatic heterocycles. The van der Waals surface area contributed by atoms with Crippen LogP contribution in [0, 0.1) is 0 Å². The van der Waals surface area contributed by atoms with Gasteiger partial charge >= 0.3 is 0 Å². The Labute approximate surface area is 77.7 Å². The molecule has 1 aromatic rings. The van der Waals surface area contributed by atoms with Crippen molar-refractivity contribution in [2.75, 3.05) is 13.7 Å². The number of aryl methyl sites for hydroxylation is 1. The maximum Gasteiger partial charge on any atom is 0.153 e. The Bertz CT molecular complexity index is 268. The molecule has 72 valence electrons. The van der Waals surface area contributed by atoms with Crippen LogP contribution in [-0.2, 0) is 11.2 Å². The second-order valence-corrected chi connectivity index (χ2v) is 3.51. The molecule has 0 bridgehead atoms. The number of hydrogen-bond acceptors (Lipinski definition) is 3. The molecule has 2 rings (SSSR count). The fourth-order valence-electron chi connectivity index (χ4n) is 1.33. The van der Waals surface area contributed by atoms with Crippen molar-refractivity contribution in [2.24, 2.45) is 0 Å². The number of hydrogen-bond donors (Lipinski definition) is 1. The Kier molecular flexibility index (Phi) is 2.59. The van der Waals surface area contributed by atoms with E-state index in [1.165, 1.54) is 12.8 Å². The molecule has 4 heteroatoms. The predicted molar refractivity (Wildman–Crippen MR) is 48.6 cm³/mol. The SMILES string of the molecule is COCCCc1nc(C2CC2)n[nH]1. The largest absolute Gasteiger partial charge is 0.385 e. The fraction of sp³-hybridized carbons (Fsp3) is 0.778. The number of aromatic nitrogens is 3. The van der Waals surface area contributed by atoms with Gasteiger partial charge in [0.1, 0.15) is 5.82 Å². The van der Waals surface area contributed by atoms with Gasteiger partial charge in [-0.3, -0.25) is 5.10 Å². The molecule has 1 aliphatic rings. The molecule has 0 amide bonds. The smallest absolute Gasteiger partial charge is 0.153 e. The van der Waals surface area contributed by atoms with Gasteiger partial charge in [0.05, 0.1) is 0 Å². The third kappa shape index (κ3) is 2.28. The zero-order valence-corrected chi connectivity index (χ0v) is 7.92. The van der Waals surface area contributed by atoms with Crippen LogP contribution in [0.5, 0.6) is 0 Å². The summed E-state index contributed by atoms with van der Waals surface area (Å²) in [5.74, 6) is 2.65. The van der Waals surface area contributed by atoms with E-state index in [-0.39, 0.29) is 0 Å². The Morgan fingerprint density at radius 3 is 3.08 bits per heavy atom. The maximum atomic E-state index is 4.97. The normalized spacial score (nSPS) is 16.4. The number of methoxy groups -OCH3 is 1. The summed E-state index contributed by atoms with van der Waals surface area (Å²) in [5, 5.41) is 7.15. The van der Waals surface area contributed by atoms with Gasteiger partial charge in [-0.1, -0.05) is 0 Å². The van der Waals surface area contributed by atoms with E-state index in [1.54, 1.807) is 7.11 Å². The van der Waals surface area contributed by atoms with Gasteiger partial charge < -0.3 is 4.74 Å². The highest BCUT2D eigenvalue weighted by Gasteiger charge is 2.27. The van der Waals surface area contributed by atoms with Crippen molar-refractivity contribution in [1.29, 1.82) is 0 Å². The quantitative estimate of drug-likeness (QED) is 0.696. The lowest BCUT2D eigenvalue weighted by atomic mass is 10.3. The van der Waals surface area contributed by atoms with E-state index in [1.807, 2.05) is 0 Å². The Morgan fingerprint density at radius 1 is 1.54 bits per heavy atom. The van der Waals surface area contributed by atoms with Gasteiger partial charge in [-0.25, -0.2) is 4.98 Å². The minimum Gasteiger partial charge on any atom is -0.385 e. The molecule has 1 fully saturated rings. The van der Waals surface area contributed by atoms with E-state index in [0.29, 0.717) is 5.92 Å². The second kappa shape index (κ2) is 3.87. The molecule has 1 aliphatic carbocycles. The molecule has 0 saturated heterocycles. The predicted octanol–water partition coefficient (Wildman–Crippen LogP) is 1.26. The first kappa shape index (κ1) is 8.69. The summed E-state index contributed by atoms with van der Waals surface area (Å²) in [6.45, 7) is 0.791. The average molecular weight is 181 g/mol. The Morgan fingerprint density at radius 2 is 2.38 bits per heavy atom. The molecule has 0 atom stereocenters. The third-order valence-corrected chi connectivity index (χ3v) is 2.25. The van der Waals surface area contributed by atoms with Crippen LogP contribution >= 0.6 is 0 Å². The number of nitrogens with zero attached hydrogens (tertiary/aromatic N) is 2. The molecule has 1 N–H and O–H groups in total. The topological polar surface area (TPSA) is 50.8 Å². The minimum atomic E-state index is 0.646. The van der Waals surface area contributed by atoms with Crippen LogP contribution in [0.25, 0.3) is 0 Å². The Balaban J connectivity index is 1.82. The molecule has 1 heterocycles. The molecule has 1 saturated carbocycles. The number of ether oxygens (including phenoxy) is 1. The molecular weight excluding hydrogens is 166 g/mol. The summed E-state index contributed by atoms with van der Waals surface area (Å²) in [6, 6.07) is 0. The van der Waals surface area contributed by atoms with Gasteiger partial charge in [0.2, 0.25) is 0 Å². The summed E-state index contributed by atoms with van der Waals surface area (Å²) in [7, 11) is 1.72. The van der Waals surface area contributed by atoms with Crippen molar-refractivity contribution in [2.45, 2.75) is 31.6 Å². The summed E-state index contributed by atoms with van der Waals surface area (Å²) in [6.07, 6.45) is 4.47. The highest BCUT2D eigenvalue weighted by Crippen LogP contribution is 2.37. The number of nitrogens with one attached hydrogen (secondary N) is 1. The van der Waals surface area contributed by atoms with Crippen LogP contribution in [0.4, 0.5) is 0 Å². The van der Waals surface area contributed by atoms with Gasteiger partial charge in [-0.2, -0.15) is 5.10 Å². The highest BCUT2D eigenvalue weighted by atomic mass is 16.5. The number of H-pyrrole nitrogens is 1. The third-order valence-electron chi connectivity index (χ3n) is 2.25. The molecule has 0 unspecified atom stereocenters. The summed E-state index contributed by atoms with van der Waals surface area (Å²) in [4.78, 5) is 4.42. The lowest BCUT2D eigenvalue weighted by molar-refractivity contribution is 0.194. The number of aromatic amines is 1. The van der Waals surface area contributed by atoms with Crippen molar-refractivity contribution >= 4 is 0 Å². The standard InChI is InChI=1S/C9H15N3O/c1-13-6-2-3-8-10-9(12-11-8)7-4-5-7/h7H,2-6H2,1H3,(H,10,11,12). The van der Waals surface area contributed by atoms with Crippen molar-refractivity contribution in [3.8, 4) is 0 Å². The van der Waals surface area contributed by atoms with E-state index in [2.05, 4.69) is 15.2 Å². The van der Waals surface area contributed by atoms with Crippen molar-refractivity contribution < 1.29 is 4.74 Å². The lowest BCUT2D eigenvalue weighted by Crippen LogP contribution is -1.94. The van der Waals surface area contributed by atoms with Crippen LogP contribution in [0.2, 0.25) is 0 Å². The molecule has 13 heavy (non-hydrogen) atoms. The van der Waals surface area contributed by atoms with Crippen molar-refractivity contribution in [3.63, 3.8) is 0 Å². The van der Waals surface area contributed by atoms with E-state index < -0.39 is 0 Å². The van der Waals surface area contributed by atoms with Crippen LogP contribution in [0.15, 0.2) is 0 Å². The Hall–Kier alpha value is -0.900. The first-order chi connectivity index (χ1) is 6.40. The van der Waals surface area contributed by atoms with Crippen LogP contribution in [-0.4, -0.2) is 28.9 Å². The fourth-order valence-corrected chi connectivity index (χ4v) is 1.33. The second-order valence-electron chi connectivity index (χ2n) is 3.51. The molecule has 0 aliphatic heterocycles. The monoisotopic (exact) mass is 181 g/mol. The first-order valence-corrected chi connectivity index (χ1v) is 4.80. The average Bonchev–Trinajstić information content (AvgIpc) is 2.88. The molecule has 0 aromatic carbocycles. The molecule has 0 spiro atoms. The van der Waals surface area contributed by atoms with E-state index in [0.717, 1.165) is 31.1 Å².